The highest BCUT2D eigenvalue weighted by atomic mass is 19.1. The first-order valence-electron chi connectivity index (χ1n) is 5.43. The largest absolute Gasteiger partial charge is 0.384 e. The standard InChI is InChI=1S/C13H15FN2O/c1-8-4-5-10(6-12(8)14)13(17)11-7-15-16(3)9(11)2/h4-7,13,17H,1-3H3. The van der Waals surface area contributed by atoms with E-state index in [0.29, 0.717) is 16.7 Å². The second-order valence-electron chi connectivity index (χ2n) is 4.22. The van der Waals surface area contributed by atoms with Gasteiger partial charge in [-0.2, -0.15) is 5.10 Å². The molecule has 2 aromatic rings. The number of hydrogen-bond donors (Lipinski definition) is 1. The zero-order valence-electron chi connectivity index (χ0n) is 10.1. The Hall–Kier alpha value is -1.68. The fraction of sp³-hybridized carbons (Fsp3) is 0.308. The number of hydrogen-bond acceptors (Lipinski definition) is 2. The molecule has 0 amide bonds. The van der Waals surface area contributed by atoms with Crippen LogP contribution in [-0.4, -0.2) is 14.9 Å². The molecule has 0 saturated heterocycles. The van der Waals surface area contributed by atoms with Crippen molar-refractivity contribution >= 4 is 0 Å². The van der Waals surface area contributed by atoms with E-state index in [4.69, 9.17) is 0 Å². The van der Waals surface area contributed by atoms with Gasteiger partial charge < -0.3 is 5.11 Å². The Labute approximate surface area is 99.5 Å². The van der Waals surface area contributed by atoms with Crippen LogP contribution >= 0.6 is 0 Å². The molecular weight excluding hydrogens is 219 g/mol. The highest BCUT2D eigenvalue weighted by Gasteiger charge is 2.16. The van der Waals surface area contributed by atoms with Gasteiger partial charge in [0.1, 0.15) is 11.9 Å². The van der Waals surface area contributed by atoms with Crippen molar-refractivity contribution in [3.63, 3.8) is 0 Å². The van der Waals surface area contributed by atoms with Gasteiger partial charge in [0.05, 0.1) is 6.20 Å². The second kappa shape index (κ2) is 4.30. The van der Waals surface area contributed by atoms with Gasteiger partial charge in [-0.05, 0) is 31.0 Å². The summed E-state index contributed by atoms with van der Waals surface area (Å²) < 4.78 is 15.1. The third kappa shape index (κ3) is 2.08. The molecule has 0 fully saturated rings. The zero-order chi connectivity index (χ0) is 12.6. The molecule has 1 aromatic carbocycles. The van der Waals surface area contributed by atoms with Gasteiger partial charge in [-0.1, -0.05) is 12.1 Å². The van der Waals surface area contributed by atoms with Crippen molar-refractivity contribution in [1.82, 2.24) is 9.78 Å². The van der Waals surface area contributed by atoms with Crippen LogP contribution in [-0.2, 0) is 7.05 Å². The van der Waals surface area contributed by atoms with Crippen LogP contribution in [0.2, 0.25) is 0 Å². The molecule has 0 spiro atoms. The average Bonchev–Trinajstić information content (AvgIpc) is 2.63. The summed E-state index contributed by atoms with van der Waals surface area (Å²) in [4.78, 5) is 0. The molecule has 1 atom stereocenters. The fourth-order valence-electron chi connectivity index (χ4n) is 1.74. The minimum absolute atomic E-state index is 0.303. The van der Waals surface area contributed by atoms with E-state index in [9.17, 15) is 9.50 Å². The molecule has 3 nitrogen and oxygen atoms in total. The molecule has 1 unspecified atom stereocenters. The number of aliphatic hydroxyl groups is 1. The SMILES string of the molecule is Cc1ccc(C(O)c2cnn(C)c2C)cc1F. The first-order chi connectivity index (χ1) is 8.00. The van der Waals surface area contributed by atoms with Crippen LogP contribution in [0.4, 0.5) is 4.39 Å². The van der Waals surface area contributed by atoms with Gasteiger partial charge in [-0.15, -0.1) is 0 Å². The second-order valence-corrected chi connectivity index (χ2v) is 4.22. The Morgan fingerprint density at radius 2 is 2.06 bits per heavy atom. The Morgan fingerprint density at radius 1 is 1.35 bits per heavy atom. The van der Waals surface area contributed by atoms with Crippen molar-refractivity contribution in [2.45, 2.75) is 20.0 Å². The molecule has 2 rings (SSSR count). The number of aryl methyl sites for hydroxylation is 2. The Morgan fingerprint density at radius 3 is 2.59 bits per heavy atom. The van der Waals surface area contributed by atoms with E-state index in [-0.39, 0.29) is 5.82 Å². The molecule has 0 radical (unpaired) electrons. The number of aromatic nitrogens is 2. The predicted molar refractivity (Wildman–Crippen MR) is 63.1 cm³/mol. The minimum Gasteiger partial charge on any atom is -0.384 e. The van der Waals surface area contributed by atoms with Gasteiger partial charge >= 0.3 is 0 Å². The molecule has 1 aromatic heterocycles. The monoisotopic (exact) mass is 234 g/mol. The Bertz CT molecular complexity index is 548. The summed E-state index contributed by atoms with van der Waals surface area (Å²) in [5, 5.41) is 14.2. The van der Waals surface area contributed by atoms with Crippen LogP contribution in [0.5, 0.6) is 0 Å². The van der Waals surface area contributed by atoms with Crippen molar-refractivity contribution in [1.29, 1.82) is 0 Å². The summed E-state index contributed by atoms with van der Waals surface area (Å²) in [5.41, 5.74) is 2.70. The lowest BCUT2D eigenvalue weighted by Gasteiger charge is -2.11. The highest BCUT2D eigenvalue weighted by molar-refractivity contribution is 5.33. The summed E-state index contributed by atoms with van der Waals surface area (Å²) in [6.45, 7) is 3.57. The molecular formula is C13H15FN2O. The van der Waals surface area contributed by atoms with Gasteiger partial charge in [0.25, 0.3) is 0 Å². The number of aliphatic hydroxyl groups excluding tert-OH is 1. The lowest BCUT2D eigenvalue weighted by Crippen LogP contribution is -2.03. The molecule has 90 valence electrons. The minimum atomic E-state index is -0.834. The summed E-state index contributed by atoms with van der Waals surface area (Å²) >= 11 is 0. The van der Waals surface area contributed by atoms with Gasteiger partial charge in [0.2, 0.25) is 0 Å². The van der Waals surface area contributed by atoms with E-state index < -0.39 is 6.10 Å². The number of benzene rings is 1. The number of rotatable bonds is 2. The molecule has 4 heteroatoms. The Balaban J connectivity index is 2.40. The van der Waals surface area contributed by atoms with Crippen molar-refractivity contribution in [3.8, 4) is 0 Å². The first kappa shape index (κ1) is 11.8. The average molecular weight is 234 g/mol. The summed E-state index contributed by atoms with van der Waals surface area (Å²) in [5.74, 6) is -0.303. The van der Waals surface area contributed by atoms with E-state index in [1.54, 1.807) is 37.0 Å². The fourth-order valence-corrected chi connectivity index (χ4v) is 1.74. The van der Waals surface area contributed by atoms with Gasteiger partial charge in [-0.3, -0.25) is 4.68 Å². The molecule has 1 N–H and O–H groups in total. The van der Waals surface area contributed by atoms with Crippen LogP contribution in [0.1, 0.15) is 28.5 Å². The third-order valence-corrected chi connectivity index (χ3v) is 3.08. The predicted octanol–water partition coefficient (Wildman–Crippen LogP) is 2.26. The van der Waals surface area contributed by atoms with Crippen molar-refractivity contribution in [2.24, 2.45) is 7.05 Å². The molecule has 0 saturated carbocycles. The molecule has 1 heterocycles. The molecule has 0 aliphatic rings. The first-order valence-corrected chi connectivity index (χ1v) is 5.43. The van der Waals surface area contributed by atoms with Crippen LogP contribution in [0.15, 0.2) is 24.4 Å². The van der Waals surface area contributed by atoms with E-state index >= 15 is 0 Å². The van der Waals surface area contributed by atoms with Crippen LogP contribution in [0.25, 0.3) is 0 Å². The van der Waals surface area contributed by atoms with Crippen LogP contribution < -0.4 is 0 Å². The maximum Gasteiger partial charge on any atom is 0.126 e. The topological polar surface area (TPSA) is 38.1 Å². The van der Waals surface area contributed by atoms with Crippen molar-refractivity contribution < 1.29 is 9.50 Å². The van der Waals surface area contributed by atoms with Crippen LogP contribution in [0.3, 0.4) is 0 Å². The lowest BCUT2D eigenvalue weighted by molar-refractivity contribution is 0.219. The maximum atomic E-state index is 13.4. The summed E-state index contributed by atoms with van der Waals surface area (Å²) in [7, 11) is 1.81. The van der Waals surface area contributed by atoms with E-state index in [2.05, 4.69) is 5.10 Å². The normalized spacial score (nSPS) is 12.8. The summed E-state index contributed by atoms with van der Waals surface area (Å²) in [6.07, 6.45) is 0.774. The number of halogens is 1. The van der Waals surface area contributed by atoms with Gasteiger partial charge in [0, 0.05) is 18.3 Å². The maximum absolute atomic E-state index is 13.4. The van der Waals surface area contributed by atoms with Crippen LogP contribution in [0, 0.1) is 19.7 Å². The smallest absolute Gasteiger partial charge is 0.126 e. The molecule has 0 bridgehead atoms. The highest BCUT2D eigenvalue weighted by Crippen LogP contribution is 2.25. The Kier molecular flexibility index (Phi) is 2.98. The zero-order valence-corrected chi connectivity index (χ0v) is 10.1. The van der Waals surface area contributed by atoms with Gasteiger partial charge in [0.15, 0.2) is 0 Å². The van der Waals surface area contributed by atoms with Crippen molar-refractivity contribution in [2.75, 3.05) is 0 Å². The van der Waals surface area contributed by atoms with E-state index in [1.165, 1.54) is 6.07 Å². The molecule has 0 aliphatic carbocycles. The third-order valence-electron chi connectivity index (χ3n) is 3.08. The van der Waals surface area contributed by atoms with Crippen molar-refractivity contribution in [3.05, 3.63) is 52.6 Å². The quantitative estimate of drug-likeness (QED) is 0.865. The van der Waals surface area contributed by atoms with E-state index in [0.717, 1.165) is 5.69 Å². The molecule has 17 heavy (non-hydrogen) atoms. The number of nitrogens with zero attached hydrogens (tertiary/aromatic N) is 2. The summed E-state index contributed by atoms with van der Waals surface area (Å²) in [6, 6.07) is 4.77. The van der Waals surface area contributed by atoms with E-state index in [1.807, 2.05) is 6.92 Å². The van der Waals surface area contributed by atoms with Gasteiger partial charge in [-0.25, -0.2) is 4.39 Å². The lowest BCUT2D eigenvalue weighted by atomic mass is 10.0. The molecule has 0 aliphatic heterocycles.